The van der Waals surface area contributed by atoms with E-state index in [0.29, 0.717) is 31.1 Å². The number of fused-ring (bicyclic) bond motifs is 1. The van der Waals surface area contributed by atoms with Gasteiger partial charge in [-0.25, -0.2) is 8.42 Å². The summed E-state index contributed by atoms with van der Waals surface area (Å²) in [7, 11) is -3.16. The SMILES string of the molecule is CCCS(=O)(=O)N1CC[C@@H]2O[C@H](c3nc(C)no3)CC[C@@H]21. The highest BCUT2D eigenvalue weighted by Gasteiger charge is 2.45. The Morgan fingerprint density at radius 1 is 1.33 bits per heavy atom. The lowest BCUT2D eigenvalue weighted by Crippen LogP contribution is -2.44. The van der Waals surface area contributed by atoms with Crippen LogP contribution in [0.5, 0.6) is 0 Å². The van der Waals surface area contributed by atoms with Crippen molar-refractivity contribution in [2.24, 2.45) is 0 Å². The fourth-order valence-corrected chi connectivity index (χ4v) is 5.02. The number of hydrogen-bond acceptors (Lipinski definition) is 6. The molecule has 8 heteroatoms. The first-order chi connectivity index (χ1) is 10.0. The summed E-state index contributed by atoms with van der Waals surface area (Å²) in [5, 5.41) is 3.78. The summed E-state index contributed by atoms with van der Waals surface area (Å²) in [6, 6.07) is -0.0400. The third kappa shape index (κ3) is 2.84. The van der Waals surface area contributed by atoms with Crippen LogP contribution in [0, 0.1) is 6.92 Å². The number of sulfonamides is 1. The second-order valence-electron chi connectivity index (χ2n) is 5.70. The number of ether oxygens (including phenoxy) is 1. The summed E-state index contributed by atoms with van der Waals surface area (Å²) in [5.74, 6) is 1.30. The van der Waals surface area contributed by atoms with Crippen molar-refractivity contribution in [1.82, 2.24) is 14.4 Å². The zero-order chi connectivity index (χ0) is 15.0. The molecule has 2 saturated heterocycles. The molecule has 0 aliphatic carbocycles. The lowest BCUT2D eigenvalue weighted by Gasteiger charge is -2.34. The van der Waals surface area contributed by atoms with Gasteiger partial charge < -0.3 is 9.26 Å². The van der Waals surface area contributed by atoms with Crippen molar-refractivity contribution in [3.8, 4) is 0 Å². The van der Waals surface area contributed by atoms with Crippen LogP contribution in [0.4, 0.5) is 0 Å². The van der Waals surface area contributed by atoms with Gasteiger partial charge in [0.2, 0.25) is 10.0 Å². The second kappa shape index (κ2) is 5.66. The zero-order valence-electron chi connectivity index (χ0n) is 12.4. The highest BCUT2D eigenvalue weighted by Crippen LogP contribution is 2.38. The maximum absolute atomic E-state index is 12.3. The van der Waals surface area contributed by atoms with Crippen LogP contribution in [-0.2, 0) is 14.8 Å². The number of aromatic nitrogens is 2. The van der Waals surface area contributed by atoms with E-state index in [1.165, 1.54) is 0 Å². The van der Waals surface area contributed by atoms with Crippen molar-refractivity contribution in [3.05, 3.63) is 11.7 Å². The molecule has 0 aromatic carbocycles. The molecule has 2 aliphatic heterocycles. The van der Waals surface area contributed by atoms with Crippen LogP contribution in [-0.4, -0.2) is 47.3 Å². The van der Waals surface area contributed by atoms with Gasteiger partial charge in [0.1, 0.15) is 6.10 Å². The monoisotopic (exact) mass is 315 g/mol. The van der Waals surface area contributed by atoms with Crippen molar-refractivity contribution in [1.29, 1.82) is 0 Å². The fourth-order valence-electron chi connectivity index (χ4n) is 3.23. The van der Waals surface area contributed by atoms with Gasteiger partial charge in [-0.3, -0.25) is 0 Å². The number of rotatable bonds is 4. The maximum atomic E-state index is 12.3. The molecule has 0 saturated carbocycles. The smallest absolute Gasteiger partial charge is 0.255 e. The van der Waals surface area contributed by atoms with Crippen molar-refractivity contribution >= 4 is 10.0 Å². The topological polar surface area (TPSA) is 85.5 Å². The van der Waals surface area contributed by atoms with E-state index in [-0.39, 0.29) is 24.0 Å². The first-order valence-electron chi connectivity index (χ1n) is 7.46. The Labute approximate surface area is 124 Å². The van der Waals surface area contributed by atoms with E-state index >= 15 is 0 Å². The van der Waals surface area contributed by atoms with E-state index in [4.69, 9.17) is 9.26 Å². The molecule has 1 aromatic heterocycles. The Bertz CT molecular complexity index is 600. The number of nitrogens with zero attached hydrogens (tertiary/aromatic N) is 3. The van der Waals surface area contributed by atoms with Gasteiger partial charge in [0.25, 0.3) is 5.89 Å². The summed E-state index contributed by atoms with van der Waals surface area (Å²) in [6.45, 7) is 4.21. The van der Waals surface area contributed by atoms with E-state index in [1.807, 2.05) is 6.92 Å². The predicted molar refractivity (Wildman–Crippen MR) is 75.1 cm³/mol. The van der Waals surface area contributed by atoms with E-state index in [0.717, 1.165) is 12.8 Å². The Balaban J connectivity index is 1.70. The molecule has 0 radical (unpaired) electrons. The molecule has 118 valence electrons. The summed E-state index contributed by atoms with van der Waals surface area (Å²) in [5.41, 5.74) is 0. The number of aryl methyl sites for hydroxylation is 1. The average molecular weight is 315 g/mol. The molecule has 0 amide bonds. The van der Waals surface area contributed by atoms with Crippen LogP contribution in [0.3, 0.4) is 0 Å². The Morgan fingerprint density at radius 2 is 2.14 bits per heavy atom. The fraction of sp³-hybridized carbons (Fsp3) is 0.846. The van der Waals surface area contributed by atoms with Gasteiger partial charge in [-0.05, 0) is 32.6 Å². The van der Waals surface area contributed by atoms with Gasteiger partial charge in [0, 0.05) is 6.54 Å². The molecule has 0 unspecified atom stereocenters. The third-order valence-electron chi connectivity index (χ3n) is 4.13. The molecular weight excluding hydrogens is 294 g/mol. The maximum Gasteiger partial charge on any atom is 0.255 e. The van der Waals surface area contributed by atoms with Crippen LogP contribution in [0.15, 0.2) is 4.52 Å². The van der Waals surface area contributed by atoms with E-state index in [1.54, 1.807) is 11.2 Å². The Kier molecular flexibility index (Phi) is 4.02. The van der Waals surface area contributed by atoms with Gasteiger partial charge >= 0.3 is 0 Å². The Hall–Kier alpha value is -0.990. The minimum absolute atomic E-state index is 0.0400. The lowest BCUT2D eigenvalue weighted by molar-refractivity contribution is -0.0753. The molecule has 3 atom stereocenters. The zero-order valence-corrected chi connectivity index (χ0v) is 13.2. The molecule has 2 aliphatic rings. The van der Waals surface area contributed by atoms with Gasteiger partial charge in [0.05, 0.1) is 17.9 Å². The Morgan fingerprint density at radius 3 is 2.81 bits per heavy atom. The van der Waals surface area contributed by atoms with Gasteiger partial charge in [0.15, 0.2) is 5.82 Å². The minimum Gasteiger partial charge on any atom is -0.363 e. The molecule has 0 N–H and O–H groups in total. The molecule has 21 heavy (non-hydrogen) atoms. The molecule has 3 rings (SSSR count). The van der Waals surface area contributed by atoms with E-state index in [9.17, 15) is 8.42 Å². The second-order valence-corrected chi connectivity index (χ2v) is 7.74. The molecular formula is C13H21N3O4S. The lowest BCUT2D eigenvalue weighted by atomic mass is 10.00. The molecule has 1 aromatic rings. The first-order valence-corrected chi connectivity index (χ1v) is 9.07. The molecule has 7 nitrogen and oxygen atoms in total. The van der Waals surface area contributed by atoms with Crippen molar-refractivity contribution in [2.75, 3.05) is 12.3 Å². The standard InChI is InChI=1S/C13H21N3O4S/c1-3-8-21(17,18)16-7-6-11-10(16)4-5-12(19-11)13-14-9(2)15-20-13/h10-12H,3-8H2,1-2H3/t10-,11-,12-/m0/s1. The van der Waals surface area contributed by atoms with Gasteiger partial charge in [-0.2, -0.15) is 9.29 Å². The third-order valence-corrected chi connectivity index (χ3v) is 6.23. The van der Waals surface area contributed by atoms with Crippen LogP contribution in [0.1, 0.15) is 50.4 Å². The quantitative estimate of drug-likeness (QED) is 0.835. The minimum atomic E-state index is -3.16. The van der Waals surface area contributed by atoms with Crippen molar-refractivity contribution in [3.63, 3.8) is 0 Å². The first kappa shape index (κ1) is 14.9. The van der Waals surface area contributed by atoms with Crippen LogP contribution in [0.25, 0.3) is 0 Å². The summed E-state index contributed by atoms with van der Waals surface area (Å²) < 4.78 is 37.4. The predicted octanol–water partition coefficient (Wildman–Crippen LogP) is 1.41. The summed E-state index contributed by atoms with van der Waals surface area (Å²) in [6.07, 6.45) is 2.59. The van der Waals surface area contributed by atoms with Crippen LogP contribution in [0.2, 0.25) is 0 Å². The summed E-state index contributed by atoms with van der Waals surface area (Å²) in [4.78, 5) is 4.21. The summed E-state index contributed by atoms with van der Waals surface area (Å²) >= 11 is 0. The van der Waals surface area contributed by atoms with Gasteiger partial charge in [-0.15, -0.1) is 0 Å². The average Bonchev–Trinajstić information content (AvgIpc) is 3.04. The van der Waals surface area contributed by atoms with Crippen LogP contribution < -0.4 is 0 Å². The largest absolute Gasteiger partial charge is 0.363 e. The van der Waals surface area contributed by atoms with E-state index < -0.39 is 10.0 Å². The van der Waals surface area contributed by atoms with Gasteiger partial charge in [-0.1, -0.05) is 12.1 Å². The van der Waals surface area contributed by atoms with Crippen molar-refractivity contribution < 1.29 is 17.7 Å². The number of hydrogen-bond donors (Lipinski definition) is 0. The van der Waals surface area contributed by atoms with Crippen molar-refractivity contribution in [2.45, 2.75) is 57.8 Å². The van der Waals surface area contributed by atoms with Crippen LogP contribution >= 0.6 is 0 Å². The highest BCUT2D eigenvalue weighted by atomic mass is 32.2. The molecule has 3 heterocycles. The molecule has 2 fully saturated rings. The van der Waals surface area contributed by atoms with E-state index in [2.05, 4.69) is 10.1 Å². The highest BCUT2D eigenvalue weighted by molar-refractivity contribution is 7.89. The molecule has 0 bridgehead atoms. The molecule has 0 spiro atoms. The normalized spacial score (nSPS) is 30.5.